The van der Waals surface area contributed by atoms with Crippen LogP contribution in [0.2, 0.25) is 0 Å². The molecule has 0 aliphatic heterocycles. The predicted octanol–water partition coefficient (Wildman–Crippen LogP) is 1.43. The summed E-state index contributed by atoms with van der Waals surface area (Å²) in [5.41, 5.74) is -1.27. The van der Waals surface area contributed by atoms with E-state index >= 15 is 0 Å². The highest BCUT2D eigenvalue weighted by Crippen LogP contribution is 2.13. The summed E-state index contributed by atoms with van der Waals surface area (Å²) in [6.07, 6.45) is 1.01. The molecule has 0 radical (unpaired) electrons. The van der Waals surface area contributed by atoms with E-state index in [9.17, 15) is 9.59 Å². The van der Waals surface area contributed by atoms with Gasteiger partial charge in [0.05, 0.1) is 12.0 Å². The molecule has 6 nitrogen and oxygen atoms in total. The number of carboxylic acids is 1. The highest BCUT2D eigenvalue weighted by molar-refractivity contribution is 5.85. The maximum Gasteiger partial charge on any atom is 0.329 e. The lowest BCUT2D eigenvalue weighted by atomic mass is 9.96. The molecular weight excluding hydrogens is 234 g/mol. The first-order chi connectivity index (χ1) is 8.26. The molecule has 2 atom stereocenters. The van der Waals surface area contributed by atoms with Crippen molar-refractivity contribution in [3.05, 3.63) is 0 Å². The maximum atomic E-state index is 11.8. The monoisotopic (exact) mass is 255 g/mol. The molecule has 0 aromatic heterocycles. The van der Waals surface area contributed by atoms with Crippen LogP contribution in [0.4, 0.5) is 4.79 Å². The highest BCUT2D eigenvalue weighted by atomic mass is 16.4. The smallest absolute Gasteiger partial charge is 0.329 e. The summed E-state index contributed by atoms with van der Waals surface area (Å²) >= 11 is 0. The summed E-state index contributed by atoms with van der Waals surface area (Å²) in [6.45, 7) is 5.31. The maximum absolute atomic E-state index is 11.8. The van der Waals surface area contributed by atoms with Gasteiger partial charge in [-0.2, -0.15) is 5.26 Å². The SMILES string of the molecule is CCCC(C)(NC(=O)N(C)CC(C)C#N)C(=O)O. The normalized spacial score (nSPS) is 15.1. The molecule has 0 saturated carbocycles. The Morgan fingerprint density at radius 1 is 1.56 bits per heavy atom. The summed E-state index contributed by atoms with van der Waals surface area (Å²) < 4.78 is 0. The van der Waals surface area contributed by atoms with Crippen LogP contribution in [-0.4, -0.2) is 41.1 Å². The number of aliphatic carboxylic acids is 1. The fraction of sp³-hybridized carbons (Fsp3) is 0.750. The second-order valence-electron chi connectivity index (χ2n) is 4.73. The van der Waals surface area contributed by atoms with E-state index in [0.717, 1.165) is 0 Å². The third-order valence-corrected chi connectivity index (χ3v) is 2.72. The molecule has 2 unspecified atom stereocenters. The number of carbonyl (C=O) groups is 2. The molecule has 18 heavy (non-hydrogen) atoms. The molecule has 0 aromatic carbocycles. The Morgan fingerprint density at radius 3 is 2.50 bits per heavy atom. The minimum absolute atomic E-state index is 0.268. The summed E-state index contributed by atoms with van der Waals surface area (Å²) in [4.78, 5) is 24.3. The van der Waals surface area contributed by atoms with Gasteiger partial charge in [0, 0.05) is 13.6 Å². The van der Waals surface area contributed by atoms with E-state index in [1.807, 2.05) is 13.0 Å². The standard InChI is InChI=1S/C12H21N3O3/c1-5-6-12(3,10(16)17)14-11(18)15(4)8-9(2)7-13/h9H,5-6,8H2,1-4H3,(H,14,18)(H,16,17). The van der Waals surface area contributed by atoms with Crippen LogP contribution in [0.25, 0.3) is 0 Å². The van der Waals surface area contributed by atoms with Crippen molar-refractivity contribution >= 4 is 12.0 Å². The quantitative estimate of drug-likeness (QED) is 0.750. The molecule has 0 fully saturated rings. The van der Waals surface area contributed by atoms with E-state index in [4.69, 9.17) is 10.4 Å². The minimum Gasteiger partial charge on any atom is -0.480 e. The van der Waals surface area contributed by atoms with Gasteiger partial charge in [-0.05, 0) is 20.3 Å². The van der Waals surface area contributed by atoms with E-state index in [1.165, 1.54) is 18.9 Å². The van der Waals surface area contributed by atoms with E-state index in [1.54, 1.807) is 6.92 Å². The molecule has 0 aliphatic carbocycles. The van der Waals surface area contributed by atoms with Gasteiger partial charge >= 0.3 is 12.0 Å². The van der Waals surface area contributed by atoms with Crippen LogP contribution >= 0.6 is 0 Å². The lowest BCUT2D eigenvalue weighted by Gasteiger charge is -2.29. The fourth-order valence-corrected chi connectivity index (χ4v) is 1.59. The van der Waals surface area contributed by atoms with Gasteiger partial charge in [-0.25, -0.2) is 9.59 Å². The first-order valence-electron chi connectivity index (χ1n) is 5.93. The van der Waals surface area contributed by atoms with Crippen molar-refractivity contribution in [3.8, 4) is 6.07 Å². The molecule has 6 heteroatoms. The van der Waals surface area contributed by atoms with Crippen molar-refractivity contribution in [1.82, 2.24) is 10.2 Å². The second-order valence-corrected chi connectivity index (χ2v) is 4.73. The molecule has 102 valence electrons. The van der Waals surface area contributed by atoms with Crippen molar-refractivity contribution in [2.24, 2.45) is 5.92 Å². The van der Waals surface area contributed by atoms with Crippen LogP contribution in [-0.2, 0) is 4.79 Å². The topological polar surface area (TPSA) is 93.4 Å². The summed E-state index contributed by atoms with van der Waals surface area (Å²) in [6, 6.07) is 1.55. The number of urea groups is 1. The van der Waals surface area contributed by atoms with Crippen LogP contribution in [0.3, 0.4) is 0 Å². The Labute approximate surface area is 108 Å². The Hall–Kier alpha value is -1.77. The van der Waals surface area contributed by atoms with Gasteiger partial charge in [-0.15, -0.1) is 0 Å². The number of amides is 2. The molecule has 0 spiro atoms. The molecule has 0 heterocycles. The second kappa shape index (κ2) is 6.84. The largest absolute Gasteiger partial charge is 0.480 e. The molecule has 2 amide bonds. The van der Waals surface area contributed by atoms with E-state index in [2.05, 4.69) is 5.32 Å². The van der Waals surface area contributed by atoms with Gasteiger partial charge in [-0.1, -0.05) is 13.3 Å². The Bertz CT molecular complexity index is 351. The zero-order chi connectivity index (χ0) is 14.3. The van der Waals surface area contributed by atoms with Gasteiger partial charge in [-0.3, -0.25) is 0 Å². The average molecular weight is 255 g/mol. The van der Waals surface area contributed by atoms with Crippen molar-refractivity contribution in [1.29, 1.82) is 5.26 Å². The van der Waals surface area contributed by atoms with Gasteiger partial charge < -0.3 is 15.3 Å². The first kappa shape index (κ1) is 16.2. The fourth-order valence-electron chi connectivity index (χ4n) is 1.59. The molecule has 0 bridgehead atoms. The predicted molar refractivity (Wildman–Crippen MR) is 66.9 cm³/mol. The molecule has 0 rings (SSSR count). The number of rotatable bonds is 6. The Kier molecular flexibility index (Phi) is 6.17. The Balaban J connectivity index is 4.62. The summed E-state index contributed by atoms with van der Waals surface area (Å²) in [5, 5.41) is 20.3. The van der Waals surface area contributed by atoms with Gasteiger partial charge in [0.25, 0.3) is 0 Å². The highest BCUT2D eigenvalue weighted by Gasteiger charge is 2.34. The van der Waals surface area contributed by atoms with Gasteiger partial charge in [0.15, 0.2) is 0 Å². The average Bonchev–Trinajstić information content (AvgIpc) is 2.28. The van der Waals surface area contributed by atoms with E-state index in [-0.39, 0.29) is 12.5 Å². The van der Waals surface area contributed by atoms with E-state index < -0.39 is 17.5 Å². The lowest BCUT2D eigenvalue weighted by Crippen LogP contribution is -2.55. The lowest BCUT2D eigenvalue weighted by molar-refractivity contribution is -0.144. The van der Waals surface area contributed by atoms with Crippen LogP contribution in [0.1, 0.15) is 33.6 Å². The van der Waals surface area contributed by atoms with Crippen molar-refractivity contribution in [2.75, 3.05) is 13.6 Å². The van der Waals surface area contributed by atoms with Crippen LogP contribution in [0.5, 0.6) is 0 Å². The molecule has 0 aromatic rings. The van der Waals surface area contributed by atoms with Gasteiger partial charge in [0.2, 0.25) is 0 Å². The van der Waals surface area contributed by atoms with Crippen LogP contribution < -0.4 is 5.32 Å². The van der Waals surface area contributed by atoms with Crippen LogP contribution in [0.15, 0.2) is 0 Å². The number of carbonyl (C=O) groups excluding carboxylic acids is 1. The third-order valence-electron chi connectivity index (χ3n) is 2.72. The number of nitriles is 1. The number of hydrogen-bond donors (Lipinski definition) is 2. The summed E-state index contributed by atoms with van der Waals surface area (Å²) in [5.74, 6) is -1.34. The van der Waals surface area contributed by atoms with Crippen molar-refractivity contribution < 1.29 is 14.7 Å². The molecule has 0 saturated heterocycles. The van der Waals surface area contributed by atoms with Crippen molar-refractivity contribution in [2.45, 2.75) is 39.2 Å². The van der Waals surface area contributed by atoms with Crippen molar-refractivity contribution in [3.63, 3.8) is 0 Å². The zero-order valence-corrected chi connectivity index (χ0v) is 11.4. The number of hydrogen-bond acceptors (Lipinski definition) is 3. The first-order valence-corrected chi connectivity index (χ1v) is 5.93. The number of carboxylic acid groups (broad SMARTS) is 1. The van der Waals surface area contributed by atoms with E-state index in [0.29, 0.717) is 12.8 Å². The number of nitrogens with zero attached hydrogens (tertiary/aromatic N) is 2. The van der Waals surface area contributed by atoms with Gasteiger partial charge in [0.1, 0.15) is 5.54 Å². The number of nitrogens with one attached hydrogen (secondary N) is 1. The zero-order valence-electron chi connectivity index (χ0n) is 11.4. The van der Waals surface area contributed by atoms with Crippen LogP contribution in [0, 0.1) is 17.2 Å². The summed E-state index contributed by atoms with van der Waals surface area (Å²) in [7, 11) is 1.54. The molecule has 2 N–H and O–H groups in total. The molecular formula is C12H21N3O3. The third kappa shape index (κ3) is 4.62. The molecule has 0 aliphatic rings. The Morgan fingerprint density at radius 2 is 2.11 bits per heavy atom. The minimum atomic E-state index is -1.27.